The summed E-state index contributed by atoms with van der Waals surface area (Å²) in [5.74, 6) is 0. The van der Waals surface area contributed by atoms with Crippen molar-refractivity contribution in [1.82, 2.24) is 0 Å². The summed E-state index contributed by atoms with van der Waals surface area (Å²) >= 11 is 0. The third kappa shape index (κ3) is 2.00. The zero-order valence-corrected chi connectivity index (χ0v) is 8.78. The van der Waals surface area contributed by atoms with Crippen LogP contribution in [0.5, 0.6) is 0 Å². The van der Waals surface area contributed by atoms with Gasteiger partial charge in [0.2, 0.25) is 6.08 Å². The molecule has 0 aliphatic heterocycles. The first-order valence-electron chi connectivity index (χ1n) is 5.52. The molecule has 0 amide bonds. The van der Waals surface area contributed by atoms with Crippen LogP contribution in [0.4, 0.5) is 0 Å². The lowest BCUT2D eigenvalue weighted by molar-refractivity contribution is 0.304. The Morgan fingerprint density at radius 3 is 2.33 bits per heavy atom. The number of aliphatic imine (C=N–C) groups is 1. The second-order valence-corrected chi connectivity index (χ2v) is 4.16. The molecule has 0 radical (unpaired) electrons. The molecular formula is C13H15NO. The molecule has 0 bridgehead atoms. The summed E-state index contributed by atoms with van der Waals surface area (Å²) in [4.78, 5) is 14.6. The second-order valence-electron chi connectivity index (χ2n) is 4.16. The lowest BCUT2D eigenvalue weighted by Crippen LogP contribution is -2.26. The topological polar surface area (TPSA) is 29.4 Å². The molecule has 1 aliphatic rings. The van der Waals surface area contributed by atoms with E-state index in [4.69, 9.17) is 0 Å². The molecule has 2 nitrogen and oxygen atoms in total. The molecule has 0 heterocycles. The monoisotopic (exact) mass is 201 g/mol. The van der Waals surface area contributed by atoms with Crippen molar-refractivity contribution in [2.75, 3.05) is 0 Å². The Kier molecular flexibility index (Phi) is 2.98. The van der Waals surface area contributed by atoms with Gasteiger partial charge < -0.3 is 0 Å². The van der Waals surface area contributed by atoms with E-state index in [1.165, 1.54) is 6.42 Å². The highest BCUT2D eigenvalue weighted by Crippen LogP contribution is 2.40. The Morgan fingerprint density at radius 1 is 1.07 bits per heavy atom. The maximum absolute atomic E-state index is 10.6. The molecule has 1 aromatic rings. The van der Waals surface area contributed by atoms with E-state index in [9.17, 15) is 4.79 Å². The molecule has 78 valence electrons. The zero-order valence-electron chi connectivity index (χ0n) is 8.78. The van der Waals surface area contributed by atoms with Crippen molar-refractivity contribution in [3.8, 4) is 0 Å². The van der Waals surface area contributed by atoms with Gasteiger partial charge in [-0.2, -0.15) is 4.99 Å². The Morgan fingerprint density at radius 2 is 1.73 bits per heavy atom. The van der Waals surface area contributed by atoms with Crippen LogP contribution in [0.15, 0.2) is 35.3 Å². The summed E-state index contributed by atoms with van der Waals surface area (Å²) in [6, 6.07) is 10.1. The largest absolute Gasteiger partial charge is 0.235 e. The lowest BCUT2D eigenvalue weighted by atomic mass is 9.77. The summed E-state index contributed by atoms with van der Waals surface area (Å²) in [5.41, 5.74) is 0.884. The molecule has 2 heteroatoms. The quantitative estimate of drug-likeness (QED) is 0.533. The number of nitrogens with zero attached hydrogens (tertiary/aromatic N) is 1. The highest BCUT2D eigenvalue weighted by atomic mass is 16.1. The Hall–Kier alpha value is -1.40. The fraction of sp³-hybridized carbons (Fsp3) is 0.462. The van der Waals surface area contributed by atoms with Gasteiger partial charge in [0, 0.05) is 0 Å². The van der Waals surface area contributed by atoms with Crippen LogP contribution in [0, 0.1) is 0 Å². The van der Waals surface area contributed by atoms with Gasteiger partial charge in [-0.05, 0) is 18.4 Å². The summed E-state index contributed by atoms with van der Waals surface area (Å²) in [5, 5.41) is 0. The van der Waals surface area contributed by atoms with Gasteiger partial charge in [0.15, 0.2) is 0 Å². The molecule has 1 fully saturated rings. The third-order valence-corrected chi connectivity index (χ3v) is 3.25. The smallest absolute Gasteiger partial charge is 0.211 e. The molecule has 1 saturated carbocycles. The van der Waals surface area contributed by atoms with Gasteiger partial charge in [-0.15, -0.1) is 0 Å². The van der Waals surface area contributed by atoms with Crippen LogP contribution < -0.4 is 0 Å². The fourth-order valence-corrected chi connectivity index (χ4v) is 2.44. The highest BCUT2D eigenvalue weighted by Gasteiger charge is 2.33. The summed E-state index contributed by atoms with van der Waals surface area (Å²) in [6.45, 7) is 0. The van der Waals surface area contributed by atoms with Crippen LogP contribution in [-0.4, -0.2) is 6.08 Å². The predicted molar refractivity (Wildman–Crippen MR) is 59.3 cm³/mol. The van der Waals surface area contributed by atoms with Crippen molar-refractivity contribution in [3.05, 3.63) is 35.9 Å². The van der Waals surface area contributed by atoms with E-state index in [1.54, 1.807) is 6.08 Å². The Balaban J connectivity index is 2.37. The van der Waals surface area contributed by atoms with E-state index >= 15 is 0 Å². The summed E-state index contributed by atoms with van der Waals surface area (Å²) in [7, 11) is 0. The Bertz CT molecular complexity index is 359. The first-order chi connectivity index (χ1) is 7.37. The van der Waals surface area contributed by atoms with Crippen molar-refractivity contribution in [2.45, 2.75) is 37.6 Å². The van der Waals surface area contributed by atoms with Crippen LogP contribution in [0.3, 0.4) is 0 Å². The second kappa shape index (κ2) is 4.41. The van der Waals surface area contributed by atoms with Gasteiger partial charge in [0.25, 0.3) is 0 Å². The number of carbonyl (C=O) groups excluding carboxylic acids is 1. The molecule has 0 N–H and O–H groups in total. The van der Waals surface area contributed by atoms with Crippen molar-refractivity contribution >= 4 is 6.08 Å². The minimum atomic E-state index is -0.277. The van der Waals surface area contributed by atoms with Crippen molar-refractivity contribution in [1.29, 1.82) is 0 Å². The van der Waals surface area contributed by atoms with E-state index in [-0.39, 0.29) is 5.54 Å². The molecule has 2 rings (SSSR count). The first-order valence-corrected chi connectivity index (χ1v) is 5.52. The standard InChI is InChI=1S/C13H15NO/c15-11-14-13(9-5-2-6-10-13)12-7-3-1-4-8-12/h1,3-4,7-8H,2,5-6,9-10H2. The zero-order chi connectivity index (χ0) is 10.6. The Labute approximate surface area is 90.0 Å². The maximum Gasteiger partial charge on any atom is 0.235 e. The molecule has 0 saturated heterocycles. The van der Waals surface area contributed by atoms with Gasteiger partial charge in [0.1, 0.15) is 0 Å². The van der Waals surface area contributed by atoms with Crippen molar-refractivity contribution in [2.24, 2.45) is 4.99 Å². The first kappa shape index (κ1) is 10.1. The van der Waals surface area contributed by atoms with Gasteiger partial charge >= 0.3 is 0 Å². The normalized spacial score (nSPS) is 19.2. The molecule has 15 heavy (non-hydrogen) atoms. The molecule has 1 aromatic carbocycles. The average Bonchev–Trinajstić information content (AvgIpc) is 2.32. The predicted octanol–water partition coefficient (Wildman–Crippen LogP) is 3.18. The van der Waals surface area contributed by atoms with E-state index in [0.29, 0.717) is 0 Å². The molecule has 0 unspecified atom stereocenters. The van der Waals surface area contributed by atoms with Crippen LogP contribution in [0.25, 0.3) is 0 Å². The maximum atomic E-state index is 10.6. The average molecular weight is 201 g/mol. The van der Waals surface area contributed by atoms with E-state index in [2.05, 4.69) is 17.1 Å². The number of rotatable bonds is 2. The number of hydrogen-bond donors (Lipinski definition) is 0. The van der Waals surface area contributed by atoms with E-state index in [0.717, 1.165) is 31.2 Å². The van der Waals surface area contributed by atoms with Crippen molar-refractivity contribution < 1.29 is 4.79 Å². The summed E-state index contributed by atoms with van der Waals surface area (Å²) < 4.78 is 0. The number of hydrogen-bond acceptors (Lipinski definition) is 2. The van der Waals surface area contributed by atoms with Gasteiger partial charge in [-0.3, -0.25) is 0 Å². The number of benzene rings is 1. The minimum Gasteiger partial charge on any atom is -0.211 e. The van der Waals surface area contributed by atoms with Gasteiger partial charge in [0.05, 0.1) is 5.54 Å². The third-order valence-electron chi connectivity index (χ3n) is 3.25. The molecule has 0 atom stereocenters. The SMILES string of the molecule is O=C=NC1(c2ccccc2)CCCCC1. The molecular weight excluding hydrogens is 186 g/mol. The van der Waals surface area contributed by atoms with E-state index < -0.39 is 0 Å². The van der Waals surface area contributed by atoms with Crippen LogP contribution in [0.1, 0.15) is 37.7 Å². The molecule has 0 aromatic heterocycles. The number of isocyanates is 1. The highest BCUT2D eigenvalue weighted by molar-refractivity contribution is 5.38. The van der Waals surface area contributed by atoms with E-state index in [1.807, 2.05) is 18.2 Å². The van der Waals surface area contributed by atoms with Crippen LogP contribution >= 0.6 is 0 Å². The lowest BCUT2D eigenvalue weighted by Gasteiger charge is -2.32. The van der Waals surface area contributed by atoms with Crippen LogP contribution in [-0.2, 0) is 10.3 Å². The summed E-state index contributed by atoms with van der Waals surface area (Å²) in [6.07, 6.45) is 7.27. The van der Waals surface area contributed by atoms with Gasteiger partial charge in [-0.1, -0.05) is 49.6 Å². The molecule has 1 aliphatic carbocycles. The van der Waals surface area contributed by atoms with Gasteiger partial charge in [-0.25, -0.2) is 4.79 Å². The minimum absolute atomic E-state index is 0.277. The fourth-order valence-electron chi connectivity index (χ4n) is 2.44. The molecule has 0 spiro atoms. The van der Waals surface area contributed by atoms with Crippen molar-refractivity contribution in [3.63, 3.8) is 0 Å². The van der Waals surface area contributed by atoms with Crippen LogP contribution in [0.2, 0.25) is 0 Å².